The van der Waals surface area contributed by atoms with Gasteiger partial charge in [-0.1, -0.05) is 23.2 Å². The Balaban J connectivity index is 1.82. The third kappa shape index (κ3) is 2.93. The number of aromatic amines is 2. The van der Waals surface area contributed by atoms with Crippen LogP contribution in [0.2, 0.25) is 10.0 Å². The number of imidazole rings is 1. The van der Waals surface area contributed by atoms with Gasteiger partial charge in [0.1, 0.15) is 5.82 Å². The number of fused-ring (bicyclic) bond motifs is 1. The maximum atomic E-state index is 12.9. The van der Waals surface area contributed by atoms with Crippen LogP contribution >= 0.6 is 23.2 Å². The number of H-pyrrole nitrogens is 2. The van der Waals surface area contributed by atoms with Gasteiger partial charge in [-0.3, -0.25) is 5.10 Å². The Morgan fingerprint density at radius 3 is 2.31 bits per heavy atom. The highest BCUT2D eigenvalue weighted by molar-refractivity contribution is 6.39. The smallest absolute Gasteiger partial charge is 0.338 e. The lowest BCUT2D eigenvalue weighted by atomic mass is 10.1. The van der Waals surface area contributed by atoms with E-state index in [9.17, 15) is 13.2 Å². The Hall–Kier alpha value is -2.51. The van der Waals surface area contributed by atoms with Crippen molar-refractivity contribution in [2.24, 2.45) is 0 Å². The van der Waals surface area contributed by atoms with E-state index in [-0.39, 0.29) is 5.52 Å². The third-order valence-electron chi connectivity index (χ3n) is 3.92. The number of hydrogen-bond acceptors (Lipinski definition) is 2. The van der Waals surface area contributed by atoms with E-state index in [0.717, 1.165) is 23.3 Å². The van der Waals surface area contributed by atoms with Gasteiger partial charge in [0.05, 0.1) is 38.4 Å². The zero-order valence-corrected chi connectivity index (χ0v) is 14.3. The standard InChI is InChI=1S/C17H9Cl2F3N4/c18-11-3-8(9-6-23-24-7-9)4-12(19)15(11)16-25-13-2-1-10(17(20,21)22)5-14(13)26-16/h1-7H,(H,23,24)(H,25,26). The minimum atomic E-state index is -4.43. The van der Waals surface area contributed by atoms with Crippen molar-refractivity contribution in [2.45, 2.75) is 6.18 Å². The predicted octanol–water partition coefficient (Wildman–Crippen LogP) is 5.95. The van der Waals surface area contributed by atoms with Crippen LogP contribution in [0, 0.1) is 0 Å². The summed E-state index contributed by atoms with van der Waals surface area (Å²) < 4.78 is 38.6. The molecular weight excluding hydrogens is 388 g/mol. The molecule has 0 amide bonds. The van der Waals surface area contributed by atoms with E-state index < -0.39 is 11.7 Å². The summed E-state index contributed by atoms with van der Waals surface area (Å²) in [6, 6.07) is 6.69. The summed E-state index contributed by atoms with van der Waals surface area (Å²) in [6.07, 6.45) is -1.11. The SMILES string of the molecule is FC(F)(F)c1ccc2nc(-c3c(Cl)cc(-c4cn[nH]c4)cc3Cl)[nH]c2c1. The van der Waals surface area contributed by atoms with Crippen LogP contribution in [0.1, 0.15) is 5.56 Å². The molecule has 132 valence electrons. The van der Waals surface area contributed by atoms with E-state index in [2.05, 4.69) is 20.2 Å². The number of nitrogens with zero attached hydrogens (tertiary/aromatic N) is 2. The molecule has 0 aliphatic heterocycles. The lowest BCUT2D eigenvalue weighted by molar-refractivity contribution is -0.137. The third-order valence-corrected chi connectivity index (χ3v) is 4.52. The van der Waals surface area contributed by atoms with Gasteiger partial charge < -0.3 is 4.98 Å². The number of halogens is 5. The number of aromatic nitrogens is 4. The van der Waals surface area contributed by atoms with Crippen molar-refractivity contribution in [3.8, 4) is 22.5 Å². The van der Waals surface area contributed by atoms with Gasteiger partial charge in [0.2, 0.25) is 0 Å². The Morgan fingerprint density at radius 2 is 1.69 bits per heavy atom. The van der Waals surface area contributed by atoms with Crippen molar-refractivity contribution in [1.82, 2.24) is 20.2 Å². The summed E-state index contributed by atoms with van der Waals surface area (Å²) in [7, 11) is 0. The molecule has 0 fully saturated rings. The molecule has 0 spiro atoms. The molecule has 2 heterocycles. The average molecular weight is 397 g/mol. The van der Waals surface area contributed by atoms with E-state index in [1.165, 1.54) is 6.07 Å². The first kappa shape index (κ1) is 16.9. The predicted molar refractivity (Wildman–Crippen MR) is 94.1 cm³/mol. The van der Waals surface area contributed by atoms with Gasteiger partial charge in [-0.05, 0) is 35.9 Å². The van der Waals surface area contributed by atoms with Crippen LogP contribution in [0.4, 0.5) is 13.2 Å². The van der Waals surface area contributed by atoms with Crippen LogP contribution < -0.4 is 0 Å². The van der Waals surface area contributed by atoms with Crippen molar-refractivity contribution in [1.29, 1.82) is 0 Å². The summed E-state index contributed by atoms with van der Waals surface area (Å²) >= 11 is 12.7. The summed E-state index contributed by atoms with van der Waals surface area (Å²) in [6.45, 7) is 0. The summed E-state index contributed by atoms with van der Waals surface area (Å²) in [4.78, 5) is 7.17. The molecule has 0 bridgehead atoms. The summed E-state index contributed by atoms with van der Waals surface area (Å²) in [5, 5.41) is 7.22. The maximum Gasteiger partial charge on any atom is 0.416 e. The molecule has 0 unspecified atom stereocenters. The second kappa shape index (κ2) is 6.03. The highest BCUT2D eigenvalue weighted by atomic mass is 35.5. The van der Waals surface area contributed by atoms with Crippen LogP contribution in [0.3, 0.4) is 0 Å². The van der Waals surface area contributed by atoms with Gasteiger partial charge in [-0.15, -0.1) is 0 Å². The highest BCUT2D eigenvalue weighted by Crippen LogP contribution is 2.38. The molecule has 9 heteroatoms. The Labute approximate surface area is 155 Å². The van der Waals surface area contributed by atoms with Crippen LogP contribution in [-0.2, 0) is 6.18 Å². The van der Waals surface area contributed by atoms with Gasteiger partial charge in [-0.2, -0.15) is 18.3 Å². The van der Waals surface area contributed by atoms with Gasteiger partial charge in [0, 0.05) is 11.8 Å². The second-order valence-electron chi connectivity index (χ2n) is 5.62. The van der Waals surface area contributed by atoms with E-state index in [1.54, 1.807) is 24.5 Å². The van der Waals surface area contributed by atoms with Crippen LogP contribution in [-0.4, -0.2) is 20.2 Å². The second-order valence-corrected chi connectivity index (χ2v) is 6.43. The molecule has 4 aromatic rings. The fraction of sp³-hybridized carbons (Fsp3) is 0.0588. The number of nitrogens with one attached hydrogen (secondary N) is 2. The normalized spacial score (nSPS) is 12.0. The van der Waals surface area contributed by atoms with Crippen molar-refractivity contribution < 1.29 is 13.2 Å². The fourth-order valence-electron chi connectivity index (χ4n) is 2.68. The monoisotopic (exact) mass is 396 g/mol. The van der Waals surface area contributed by atoms with Gasteiger partial charge in [0.15, 0.2) is 0 Å². The summed E-state index contributed by atoms with van der Waals surface area (Å²) in [5.41, 5.74) is 1.87. The molecular formula is C17H9Cl2F3N4. The van der Waals surface area contributed by atoms with Crippen LogP contribution in [0.5, 0.6) is 0 Å². The van der Waals surface area contributed by atoms with E-state index in [4.69, 9.17) is 23.2 Å². The number of benzene rings is 2. The topological polar surface area (TPSA) is 57.4 Å². The van der Waals surface area contributed by atoms with E-state index in [1.807, 2.05) is 0 Å². The minimum Gasteiger partial charge on any atom is -0.338 e. The summed E-state index contributed by atoms with van der Waals surface area (Å²) in [5.74, 6) is 0.299. The molecule has 2 N–H and O–H groups in total. The van der Waals surface area contributed by atoms with Crippen molar-refractivity contribution >= 4 is 34.2 Å². The van der Waals surface area contributed by atoms with E-state index >= 15 is 0 Å². The van der Waals surface area contributed by atoms with Gasteiger partial charge >= 0.3 is 6.18 Å². The molecule has 0 radical (unpaired) electrons. The first-order valence-corrected chi connectivity index (χ1v) is 8.14. The van der Waals surface area contributed by atoms with Gasteiger partial charge in [-0.25, -0.2) is 4.98 Å². The molecule has 2 aromatic carbocycles. The molecule has 0 aliphatic carbocycles. The Morgan fingerprint density at radius 1 is 0.962 bits per heavy atom. The first-order valence-electron chi connectivity index (χ1n) is 7.38. The minimum absolute atomic E-state index is 0.251. The van der Waals surface area contributed by atoms with Gasteiger partial charge in [0.25, 0.3) is 0 Å². The largest absolute Gasteiger partial charge is 0.416 e. The van der Waals surface area contributed by atoms with Crippen molar-refractivity contribution in [2.75, 3.05) is 0 Å². The lowest BCUT2D eigenvalue weighted by Gasteiger charge is -2.07. The number of rotatable bonds is 2. The lowest BCUT2D eigenvalue weighted by Crippen LogP contribution is -2.04. The number of alkyl halides is 3. The molecule has 0 saturated carbocycles. The number of hydrogen-bond donors (Lipinski definition) is 2. The molecule has 4 nitrogen and oxygen atoms in total. The van der Waals surface area contributed by atoms with Crippen molar-refractivity contribution in [3.05, 3.63) is 58.3 Å². The fourth-order valence-corrected chi connectivity index (χ4v) is 3.35. The Kier molecular flexibility index (Phi) is 3.93. The van der Waals surface area contributed by atoms with Crippen LogP contribution in [0.15, 0.2) is 42.7 Å². The average Bonchev–Trinajstić information content (AvgIpc) is 3.22. The molecule has 26 heavy (non-hydrogen) atoms. The van der Waals surface area contributed by atoms with Crippen LogP contribution in [0.25, 0.3) is 33.5 Å². The first-order chi connectivity index (χ1) is 12.3. The molecule has 4 rings (SSSR count). The maximum absolute atomic E-state index is 12.9. The zero-order chi connectivity index (χ0) is 18.5. The van der Waals surface area contributed by atoms with E-state index in [0.29, 0.717) is 26.9 Å². The zero-order valence-electron chi connectivity index (χ0n) is 12.8. The highest BCUT2D eigenvalue weighted by Gasteiger charge is 2.30. The molecule has 0 atom stereocenters. The molecule has 0 saturated heterocycles. The Bertz CT molecular complexity index is 1080. The molecule has 0 aliphatic rings. The molecule has 2 aromatic heterocycles. The quantitative estimate of drug-likeness (QED) is 0.440. The van der Waals surface area contributed by atoms with Crippen molar-refractivity contribution in [3.63, 3.8) is 0 Å².